The Hall–Kier alpha value is 0.160. The molecule has 1 saturated heterocycles. The molecule has 0 amide bonds. The topological polar surface area (TPSA) is 29.5 Å². The summed E-state index contributed by atoms with van der Waals surface area (Å²) >= 11 is 2.42. The summed E-state index contributed by atoms with van der Waals surface area (Å²) in [6.07, 6.45) is 2.84. The van der Waals surface area contributed by atoms with Gasteiger partial charge in [-0.1, -0.05) is 22.6 Å². The highest BCUT2D eigenvalue weighted by molar-refractivity contribution is 14.1. The largest absolute Gasteiger partial charge is 0.462 e. The standard InChI is InChI=1S/C5H10IN.C5H10O2/c6-5-7-3-1-2-4-7;1-5(2,3)7-4-6/h1-5H2;4H,1-3H3. The van der Waals surface area contributed by atoms with Crippen LogP contribution in [-0.2, 0) is 9.53 Å². The molecule has 0 aromatic rings. The number of alkyl halides is 1. The zero-order valence-electron chi connectivity index (χ0n) is 9.25. The molecule has 0 saturated carbocycles. The summed E-state index contributed by atoms with van der Waals surface area (Å²) in [7, 11) is 0. The minimum absolute atomic E-state index is 0.318. The Morgan fingerprint density at radius 2 is 1.86 bits per heavy atom. The smallest absolute Gasteiger partial charge is 0.293 e. The average Bonchev–Trinajstić information content (AvgIpc) is 2.54. The van der Waals surface area contributed by atoms with Gasteiger partial charge in [-0.2, -0.15) is 0 Å². The zero-order chi connectivity index (χ0) is 11.0. The quantitative estimate of drug-likeness (QED) is 0.339. The second-order valence-electron chi connectivity index (χ2n) is 4.27. The van der Waals surface area contributed by atoms with E-state index in [1.807, 2.05) is 20.8 Å². The lowest BCUT2D eigenvalue weighted by Gasteiger charge is -2.14. The van der Waals surface area contributed by atoms with E-state index in [4.69, 9.17) is 0 Å². The van der Waals surface area contributed by atoms with Crippen LogP contribution in [0.25, 0.3) is 0 Å². The van der Waals surface area contributed by atoms with Gasteiger partial charge in [-0.3, -0.25) is 9.69 Å². The molecule has 1 fully saturated rings. The first-order chi connectivity index (χ1) is 6.49. The van der Waals surface area contributed by atoms with Crippen molar-refractivity contribution in [1.29, 1.82) is 0 Å². The van der Waals surface area contributed by atoms with Crippen LogP contribution in [0.5, 0.6) is 0 Å². The van der Waals surface area contributed by atoms with Crippen LogP contribution in [0, 0.1) is 0 Å². The molecule has 4 heteroatoms. The van der Waals surface area contributed by atoms with Crippen LogP contribution in [0.1, 0.15) is 33.6 Å². The van der Waals surface area contributed by atoms with Crippen molar-refractivity contribution in [2.24, 2.45) is 0 Å². The minimum Gasteiger partial charge on any atom is -0.462 e. The van der Waals surface area contributed by atoms with Gasteiger partial charge in [0.15, 0.2) is 0 Å². The van der Waals surface area contributed by atoms with Gasteiger partial charge in [0, 0.05) is 0 Å². The second-order valence-corrected chi connectivity index (χ2v) is 4.95. The normalized spacial score (nSPS) is 17.1. The number of ether oxygens (including phenoxy) is 1. The molecule has 14 heavy (non-hydrogen) atoms. The molecule has 1 aliphatic rings. The second kappa shape index (κ2) is 7.45. The molecule has 0 atom stereocenters. The Bertz CT molecular complexity index is 151. The summed E-state index contributed by atoms with van der Waals surface area (Å²) < 4.78 is 5.77. The Balaban J connectivity index is 0.000000241. The highest BCUT2D eigenvalue weighted by Gasteiger charge is 2.08. The lowest BCUT2D eigenvalue weighted by Crippen LogP contribution is -2.17. The summed E-state index contributed by atoms with van der Waals surface area (Å²) in [5.74, 6) is 0. The molecule has 1 heterocycles. The summed E-state index contributed by atoms with van der Waals surface area (Å²) in [5.41, 5.74) is -0.318. The molecular weight excluding hydrogens is 293 g/mol. The predicted octanol–water partition coefficient (Wildman–Crippen LogP) is 2.43. The molecule has 0 spiro atoms. The number of likely N-dealkylation sites (tertiary alicyclic amines) is 1. The van der Waals surface area contributed by atoms with E-state index in [1.165, 1.54) is 30.5 Å². The highest BCUT2D eigenvalue weighted by Crippen LogP contribution is 2.07. The third-order valence-corrected chi connectivity index (χ3v) is 2.73. The first-order valence-corrected chi connectivity index (χ1v) is 6.42. The SMILES string of the molecule is CC(C)(C)OC=O.ICN1CCCC1. The summed E-state index contributed by atoms with van der Waals surface area (Å²) in [6, 6.07) is 0. The van der Waals surface area contributed by atoms with Gasteiger partial charge in [0.25, 0.3) is 6.47 Å². The number of rotatable bonds is 2. The molecule has 0 bridgehead atoms. The van der Waals surface area contributed by atoms with Crippen molar-refractivity contribution >= 4 is 29.1 Å². The Kier molecular flexibility index (Phi) is 7.54. The van der Waals surface area contributed by atoms with Crippen LogP contribution in [0.3, 0.4) is 0 Å². The number of hydrogen-bond donors (Lipinski definition) is 0. The van der Waals surface area contributed by atoms with Crippen LogP contribution in [0.4, 0.5) is 0 Å². The van der Waals surface area contributed by atoms with Crippen LogP contribution in [-0.4, -0.2) is 34.6 Å². The van der Waals surface area contributed by atoms with Gasteiger partial charge in [-0.15, -0.1) is 0 Å². The molecule has 0 radical (unpaired) electrons. The van der Waals surface area contributed by atoms with E-state index in [-0.39, 0.29) is 5.60 Å². The zero-order valence-corrected chi connectivity index (χ0v) is 11.4. The maximum atomic E-state index is 9.60. The minimum atomic E-state index is -0.318. The Morgan fingerprint density at radius 3 is 2.00 bits per heavy atom. The van der Waals surface area contributed by atoms with Crippen molar-refractivity contribution < 1.29 is 9.53 Å². The van der Waals surface area contributed by atoms with Crippen LogP contribution < -0.4 is 0 Å². The third-order valence-electron chi connectivity index (χ3n) is 1.77. The van der Waals surface area contributed by atoms with E-state index in [9.17, 15) is 4.79 Å². The molecule has 0 aromatic carbocycles. The first kappa shape index (κ1) is 14.2. The summed E-state index contributed by atoms with van der Waals surface area (Å²) in [6.45, 7) is 8.59. The molecule has 0 N–H and O–H groups in total. The third kappa shape index (κ3) is 8.74. The fourth-order valence-electron chi connectivity index (χ4n) is 1.05. The fourth-order valence-corrected chi connectivity index (χ4v) is 1.73. The Morgan fingerprint density at radius 1 is 1.36 bits per heavy atom. The first-order valence-electron chi connectivity index (χ1n) is 4.89. The molecule has 1 rings (SSSR count). The molecule has 0 aliphatic carbocycles. The number of halogens is 1. The molecule has 1 aliphatic heterocycles. The summed E-state index contributed by atoms with van der Waals surface area (Å²) in [5, 5.41) is 0. The number of hydrogen-bond acceptors (Lipinski definition) is 3. The maximum Gasteiger partial charge on any atom is 0.293 e. The average molecular weight is 313 g/mol. The van der Waals surface area contributed by atoms with Crippen molar-refractivity contribution in [3.05, 3.63) is 0 Å². The predicted molar refractivity (Wildman–Crippen MR) is 66.6 cm³/mol. The van der Waals surface area contributed by atoms with E-state index in [1.54, 1.807) is 0 Å². The molecule has 84 valence electrons. The fraction of sp³-hybridized carbons (Fsp3) is 0.900. The van der Waals surface area contributed by atoms with Crippen molar-refractivity contribution in [3.8, 4) is 0 Å². The van der Waals surface area contributed by atoms with Gasteiger partial charge in [-0.05, 0) is 46.7 Å². The maximum absolute atomic E-state index is 9.60. The van der Waals surface area contributed by atoms with Crippen LogP contribution in [0.15, 0.2) is 0 Å². The monoisotopic (exact) mass is 313 g/mol. The van der Waals surface area contributed by atoms with Crippen molar-refractivity contribution in [3.63, 3.8) is 0 Å². The van der Waals surface area contributed by atoms with E-state index >= 15 is 0 Å². The van der Waals surface area contributed by atoms with E-state index < -0.39 is 0 Å². The van der Waals surface area contributed by atoms with Gasteiger partial charge in [0.2, 0.25) is 0 Å². The highest BCUT2D eigenvalue weighted by atomic mass is 127. The number of nitrogens with zero attached hydrogens (tertiary/aromatic N) is 1. The number of carbonyl (C=O) groups is 1. The van der Waals surface area contributed by atoms with E-state index in [2.05, 4.69) is 32.2 Å². The van der Waals surface area contributed by atoms with Gasteiger partial charge >= 0.3 is 0 Å². The van der Waals surface area contributed by atoms with Crippen molar-refractivity contribution in [1.82, 2.24) is 4.90 Å². The molecule has 0 aromatic heterocycles. The van der Waals surface area contributed by atoms with Gasteiger partial charge in [0.1, 0.15) is 5.60 Å². The molecular formula is C10H20INO2. The summed E-state index contributed by atoms with van der Waals surface area (Å²) in [4.78, 5) is 12.1. The lowest BCUT2D eigenvalue weighted by atomic mass is 10.2. The van der Waals surface area contributed by atoms with Crippen LogP contribution >= 0.6 is 22.6 Å². The van der Waals surface area contributed by atoms with E-state index in [0.717, 1.165) is 0 Å². The lowest BCUT2D eigenvalue weighted by molar-refractivity contribution is -0.138. The number of carbonyl (C=O) groups excluding carboxylic acids is 1. The molecule has 0 unspecified atom stereocenters. The van der Waals surface area contributed by atoms with Gasteiger partial charge < -0.3 is 4.74 Å². The van der Waals surface area contributed by atoms with Gasteiger partial charge in [0.05, 0.1) is 4.55 Å². The molecule has 3 nitrogen and oxygen atoms in total. The Labute approximate surface area is 100 Å². The van der Waals surface area contributed by atoms with Gasteiger partial charge in [-0.25, -0.2) is 0 Å². The van der Waals surface area contributed by atoms with Crippen molar-refractivity contribution in [2.75, 3.05) is 17.6 Å². The van der Waals surface area contributed by atoms with Crippen LogP contribution in [0.2, 0.25) is 0 Å². The van der Waals surface area contributed by atoms with Crippen molar-refractivity contribution in [2.45, 2.75) is 39.2 Å². The van der Waals surface area contributed by atoms with E-state index in [0.29, 0.717) is 6.47 Å².